The topological polar surface area (TPSA) is 4.93 Å². The molecule has 0 unspecified atom stereocenters. The first-order chi connectivity index (χ1) is 11.2. The third-order valence-corrected chi connectivity index (χ3v) is 6.20. The summed E-state index contributed by atoms with van der Waals surface area (Å²) in [7, 11) is 0. The number of halogens is 1. The van der Waals surface area contributed by atoms with Gasteiger partial charge >= 0.3 is 0 Å². The number of thioether (sulfide) groups is 1. The van der Waals surface area contributed by atoms with Gasteiger partial charge in [-0.15, -0.1) is 0 Å². The Morgan fingerprint density at radius 3 is 2.78 bits per heavy atom. The van der Waals surface area contributed by atoms with E-state index < -0.39 is 0 Å². The van der Waals surface area contributed by atoms with E-state index in [1.54, 1.807) is 11.3 Å². The molecule has 0 N–H and O–H groups in total. The summed E-state index contributed by atoms with van der Waals surface area (Å²) in [4.78, 5) is 0. The van der Waals surface area contributed by atoms with Crippen molar-refractivity contribution in [3.05, 3.63) is 69.3 Å². The third-order valence-electron chi connectivity index (χ3n) is 4.72. The molecule has 0 saturated heterocycles. The first kappa shape index (κ1) is 15.3. The maximum atomic E-state index is 3.64. The van der Waals surface area contributed by atoms with E-state index in [1.165, 1.54) is 38.7 Å². The van der Waals surface area contributed by atoms with E-state index >= 15 is 0 Å². The van der Waals surface area contributed by atoms with Crippen LogP contribution in [0.15, 0.2) is 46.9 Å². The third kappa shape index (κ3) is 2.97. The highest BCUT2D eigenvalue weighted by Crippen LogP contribution is 2.35. The fourth-order valence-corrected chi connectivity index (χ4v) is 4.86. The lowest BCUT2D eigenvalue weighted by Gasteiger charge is -2.16. The van der Waals surface area contributed by atoms with Crippen molar-refractivity contribution in [2.75, 3.05) is 5.75 Å². The smallest absolute Gasteiger partial charge is 0.0486 e. The van der Waals surface area contributed by atoms with Gasteiger partial charge in [-0.2, -0.15) is 11.8 Å². The van der Waals surface area contributed by atoms with Gasteiger partial charge < -0.3 is 4.57 Å². The molecule has 0 spiro atoms. The summed E-state index contributed by atoms with van der Waals surface area (Å²) in [5, 5.41) is 1.44. The number of aryl methyl sites for hydroxylation is 3. The van der Waals surface area contributed by atoms with Gasteiger partial charge in [0.25, 0.3) is 0 Å². The van der Waals surface area contributed by atoms with E-state index in [0.717, 1.165) is 18.7 Å². The van der Waals surface area contributed by atoms with E-state index in [9.17, 15) is 0 Å². The highest BCUT2D eigenvalue weighted by Gasteiger charge is 2.20. The van der Waals surface area contributed by atoms with Crippen LogP contribution in [0.3, 0.4) is 0 Å². The Kier molecular flexibility index (Phi) is 4.25. The zero-order valence-corrected chi connectivity index (χ0v) is 15.7. The molecule has 3 heteroatoms. The number of hydrogen-bond acceptors (Lipinski definition) is 1. The van der Waals surface area contributed by atoms with Crippen molar-refractivity contribution in [3.8, 4) is 0 Å². The second-order valence-electron chi connectivity index (χ2n) is 6.28. The van der Waals surface area contributed by atoms with Crippen molar-refractivity contribution in [2.45, 2.75) is 32.1 Å². The number of rotatable bonds is 3. The van der Waals surface area contributed by atoms with Gasteiger partial charge in [0.15, 0.2) is 0 Å². The van der Waals surface area contributed by atoms with Gasteiger partial charge in [0, 0.05) is 33.4 Å². The van der Waals surface area contributed by atoms with Gasteiger partial charge in [0.05, 0.1) is 0 Å². The van der Waals surface area contributed by atoms with Crippen LogP contribution in [0.25, 0.3) is 10.9 Å². The lowest BCUT2D eigenvalue weighted by Crippen LogP contribution is -2.10. The number of hydrogen-bond donors (Lipinski definition) is 0. The number of aromatic nitrogens is 1. The summed E-state index contributed by atoms with van der Waals surface area (Å²) in [5.74, 6) is 2.40. The van der Waals surface area contributed by atoms with Crippen LogP contribution < -0.4 is 0 Å². The van der Waals surface area contributed by atoms with Crippen LogP contribution in [-0.4, -0.2) is 10.3 Å². The Balaban J connectivity index is 1.72. The molecule has 0 atom stereocenters. The van der Waals surface area contributed by atoms with Crippen molar-refractivity contribution < 1.29 is 0 Å². The van der Waals surface area contributed by atoms with Gasteiger partial charge in [0.2, 0.25) is 0 Å². The van der Waals surface area contributed by atoms with Gasteiger partial charge in [-0.3, -0.25) is 0 Å². The Morgan fingerprint density at radius 2 is 1.96 bits per heavy atom. The van der Waals surface area contributed by atoms with E-state index in [0.29, 0.717) is 0 Å². The lowest BCUT2D eigenvalue weighted by molar-refractivity contribution is 0.684. The summed E-state index contributed by atoms with van der Waals surface area (Å²) in [6.07, 6.45) is 2.29. The van der Waals surface area contributed by atoms with E-state index in [2.05, 4.69) is 81.6 Å². The molecule has 0 saturated carbocycles. The standard InChI is InChI=1S/C20H20BrNS/c1-14-2-4-15(5-3-14)8-10-22-19-7-6-16(21)12-17(19)18-13-23-11-9-20(18)22/h2-7,12H,8-11,13H2,1H3. The summed E-state index contributed by atoms with van der Waals surface area (Å²) >= 11 is 5.69. The van der Waals surface area contributed by atoms with Crippen LogP contribution in [-0.2, 0) is 25.1 Å². The minimum absolute atomic E-state index is 1.07. The van der Waals surface area contributed by atoms with Crippen LogP contribution in [0.4, 0.5) is 0 Å². The average molecular weight is 386 g/mol. The van der Waals surface area contributed by atoms with Gasteiger partial charge in [-0.1, -0.05) is 45.8 Å². The molecule has 23 heavy (non-hydrogen) atoms. The monoisotopic (exact) mass is 385 g/mol. The molecule has 0 radical (unpaired) electrons. The molecule has 2 heterocycles. The quantitative estimate of drug-likeness (QED) is 0.555. The van der Waals surface area contributed by atoms with Crippen molar-refractivity contribution in [2.24, 2.45) is 0 Å². The highest BCUT2D eigenvalue weighted by molar-refractivity contribution is 9.10. The van der Waals surface area contributed by atoms with Crippen molar-refractivity contribution in [3.63, 3.8) is 0 Å². The predicted molar refractivity (Wildman–Crippen MR) is 104 cm³/mol. The van der Waals surface area contributed by atoms with Gasteiger partial charge in [-0.25, -0.2) is 0 Å². The summed E-state index contributed by atoms with van der Waals surface area (Å²) in [6, 6.07) is 15.7. The number of benzene rings is 2. The molecule has 1 aliphatic rings. The average Bonchev–Trinajstić information content (AvgIpc) is 2.88. The minimum Gasteiger partial charge on any atom is -0.344 e. The molecule has 1 aromatic heterocycles. The normalized spacial score (nSPS) is 14.2. The van der Waals surface area contributed by atoms with E-state index in [4.69, 9.17) is 0 Å². The summed E-state index contributed by atoms with van der Waals surface area (Å²) in [5.41, 5.74) is 7.27. The van der Waals surface area contributed by atoms with Gasteiger partial charge in [0.1, 0.15) is 0 Å². The zero-order valence-electron chi connectivity index (χ0n) is 13.3. The SMILES string of the molecule is Cc1ccc(CCn2c3c(c4cc(Br)ccc42)CSCC3)cc1. The van der Waals surface area contributed by atoms with Crippen LogP contribution in [0.2, 0.25) is 0 Å². The van der Waals surface area contributed by atoms with E-state index in [1.807, 2.05) is 0 Å². The fourth-order valence-electron chi connectivity index (χ4n) is 3.49. The molecule has 3 aromatic rings. The Labute approximate surface area is 150 Å². The maximum Gasteiger partial charge on any atom is 0.0486 e. The Morgan fingerprint density at radius 1 is 1.13 bits per heavy atom. The Hall–Kier alpha value is -1.19. The molecular weight excluding hydrogens is 366 g/mol. The lowest BCUT2D eigenvalue weighted by atomic mass is 10.1. The molecule has 118 valence electrons. The van der Waals surface area contributed by atoms with Crippen molar-refractivity contribution in [1.82, 2.24) is 4.57 Å². The molecule has 1 aliphatic heterocycles. The highest BCUT2D eigenvalue weighted by atomic mass is 79.9. The van der Waals surface area contributed by atoms with Crippen molar-refractivity contribution in [1.29, 1.82) is 0 Å². The molecule has 0 fully saturated rings. The predicted octanol–water partition coefficient (Wildman–Crippen LogP) is 5.74. The molecule has 0 bridgehead atoms. The fraction of sp³-hybridized carbons (Fsp3) is 0.300. The van der Waals surface area contributed by atoms with Crippen LogP contribution in [0.5, 0.6) is 0 Å². The van der Waals surface area contributed by atoms with E-state index in [-0.39, 0.29) is 0 Å². The molecular formula is C20H20BrNS. The second kappa shape index (κ2) is 6.37. The largest absolute Gasteiger partial charge is 0.344 e. The Bertz CT molecular complexity index is 848. The zero-order chi connectivity index (χ0) is 15.8. The summed E-state index contributed by atoms with van der Waals surface area (Å²) < 4.78 is 3.75. The van der Waals surface area contributed by atoms with Crippen LogP contribution in [0.1, 0.15) is 22.4 Å². The molecule has 2 aromatic carbocycles. The first-order valence-corrected chi connectivity index (χ1v) is 10.1. The molecule has 0 amide bonds. The van der Waals surface area contributed by atoms with Crippen molar-refractivity contribution >= 4 is 38.6 Å². The van der Waals surface area contributed by atoms with Gasteiger partial charge in [-0.05, 0) is 54.8 Å². The maximum absolute atomic E-state index is 3.64. The number of nitrogens with zero attached hydrogens (tertiary/aromatic N) is 1. The minimum atomic E-state index is 1.07. The molecule has 0 aliphatic carbocycles. The number of fused-ring (bicyclic) bond motifs is 3. The summed E-state index contributed by atoms with van der Waals surface area (Å²) in [6.45, 7) is 3.22. The molecule has 4 rings (SSSR count). The molecule has 1 nitrogen and oxygen atoms in total. The second-order valence-corrected chi connectivity index (χ2v) is 8.30. The van der Waals surface area contributed by atoms with Crippen LogP contribution >= 0.6 is 27.7 Å². The van der Waals surface area contributed by atoms with Crippen LogP contribution in [0, 0.1) is 6.92 Å². The first-order valence-electron chi connectivity index (χ1n) is 8.15.